The quantitative estimate of drug-likeness (QED) is 0.798. The van der Waals surface area contributed by atoms with Crippen molar-refractivity contribution in [3.05, 3.63) is 12.2 Å². The smallest absolute Gasteiger partial charge is 0.227 e. The monoisotopic (exact) mass is 303 g/mol. The molecule has 7 nitrogen and oxygen atoms in total. The number of rotatable bonds is 1. The molecule has 1 atom stereocenters. The minimum atomic E-state index is -0.0422. The molecule has 0 aromatic carbocycles. The van der Waals surface area contributed by atoms with Crippen molar-refractivity contribution in [3.8, 4) is 0 Å². The molecule has 1 spiro atoms. The average Bonchev–Trinajstić information content (AvgIpc) is 3.14. The van der Waals surface area contributed by atoms with Crippen LogP contribution in [0, 0.1) is 5.92 Å². The van der Waals surface area contributed by atoms with Crippen molar-refractivity contribution >= 4 is 11.8 Å². The topological polar surface area (TPSA) is 80.1 Å². The van der Waals surface area contributed by atoms with E-state index in [9.17, 15) is 9.59 Å². The fraction of sp³-hybridized carbons (Fsp3) is 0.733. The van der Waals surface area contributed by atoms with Gasteiger partial charge >= 0.3 is 0 Å². The van der Waals surface area contributed by atoms with Gasteiger partial charge < -0.3 is 10.2 Å². The highest BCUT2D eigenvalue weighted by atomic mass is 16.2. The van der Waals surface area contributed by atoms with Crippen LogP contribution in [0.1, 0.15) is 37.9 Å². The Balaban J connectivity index is 1.38. The highest BCUT2D eigenvalue weighted by molar-refractivity contribution is 5.80. The van der Waals surface area contributed by atoms with E-state index in [1.807, 2.05) is 9.58 Å². The Morgan fingerprint density at radius 1 is 1.27 bits per heavy atom. The lowest BCUT2D eigenvalue weighted by Gasteiger charge is -2.40. The Morgan fingerprint density at radius 2 is 2.09 bits per heavy atom. The van der Waals surface area contributed by atoms with Crippen LogP contribution < -0.4 is 5.32 Å². The third-order valence-corrected chi connectivity index (χ3v) is 5.42. The zero-order chi connectivity index (χ0) is 15.2. The van der Waals surface area contributed by atoms with E-state index < -0.39 is 0 Å². The highest BCUT2D eigenvalue weighted by Gasteiger charge is 2.42. The van der Waals surface area contributed by atoms with Crippen LogP contribution in [0.2, 0.25) is 0 Å². The van der Waals surface area contributed by atoms with Crippen molar-refractivity contribution < 1.29 is 9.59 Å². The zero-order valence-corrected chi connectivity index (χ0v) is 12.6. The van der Waals surface area contributed by atoms with E-state index in [1.165, 1.54) is 0 Å². The number of amides is 2. The molecule has 0 bridgehead atoms. The van der Waals surface area contributed by atoms with E-state index in [-0.39, 0.29) is 23.3 Å². The maximum absolute atomic E-state index is 12.7. The molecule has 2 fully saturated rings. The second-order valence-electron chi connectivity index (χ2n) is 6.75. The molecule has 118 valence electrons. The molecule has 7 heteroatoms. The molecule has 1 aromatic rings. The van der Waals surface area contributed by atoms with Crippen molar-refractivity contribution in [2.24, 2.45) is 5.92 Å². The molecular formula is C15H21N5O2. The molecule has 1 aromatic heterocycles. The number of aromatic nitrogens is 3. The van der Waals surface area contributed by atoms with Gasteiger partial charge in [0.15, 0.2) is 0 Å². The molecule has 3 aliphatic rings. The SMILES string of the molecule is O=C1CCC2(CCN(C(=O)C3CCc4ncnn4C3)CC2)N1. The normalized spacial score (nSPS) is 26.8. The molecule has 0 radical (unpaired) electrons. The van der Waals surface area contributed by atoms with Crippen LogP contribution >= 0.6 is 0 Å². The van der Waals surface area contributed by atoms with Crippen LogP contribution in [0.4, 0.5) is 0 Å². The van der Waals surface area contributed by atoms with E-state index in [2.05, 4.69) is 15.4 Å². The Bertz CT molecular complexity index is 603. The van der Waals surface area contributed by atoms with Gasteiger partial charge in [-0.1, -0.05) is 0 Å². The predicted molar refractivity (Wildman–Crippen MR) is 77.8 cm³/mol. The Morgan fingerprint density at radius 3 is 2.82 bits per heavy atom. The summed E-state index contributed by atoms with van der Waals surface area (Å²) in [5.41, 5.74) is -0.0422. The van der Waals surface area contributed by atoms with Gasteiger partial charge in [-0.3, -0.25) is 9.59 Å². The fourth-order valence-electron chi connectivity index (χ4n) is 4.00. The maximum atomic E-state index is 12.7. The maximum Gasteiger partial charge on any atom is 0.227 e. The van der Waals surface area contributed by atoms with Crippen molar-refractivity contribution in [1.29, 1.82) is 0 Å². The lowest BCUT2D eigenvalue weighted by Crippen LogP contribution is -2.53. The number of likely N-dealkylation sites (tertiary alicyclic amines) is 1. The van der Waals surface area contributed by atoms with E-state index in [0.29, 0.717) is 13.0 Å². The molecule has 3 aliphatic heterocycles. The summed E-state index contributed by atoms with van der Waals surface area (Å²) in [7, 11) is 0. The second kappa shape index (κ2) is 5.07. The number of hydrogen-bond donors (Lipinski definition) is 1. The van der Waals surface area contributed by atoms with Gasteiger partial charge in [-0.15, -0.1) is 0 Å². The Labute approximate surface area is 129 Å². The number of hydrogen-bond acceptors (Lipinski definition) is 4. The number of nitrogens with one attached hydrogen (secondary N) is 1. The lowest BCUT2D eigenvalue weighted by atomic mass is 9.85. The van der Waals surface area contributed by atoms with E-state index >= 15 is 0 Å². The third kappa shape index (κ3) is 2.28. The second-order valence-corrected chi connectivity index (χ2v) is 6.75. The van der Waals surface area contributed by atoms with Gasteiger partial charge in [0, 0.05) is 31.5 Å². The number of nitrogens with zero attached hydrogens (tertiary/aromatic N) is 4. The average molecular weight is 303 g/mol. The minimum absolute atomic E-state index is 0.0152. The van der Waals surface area contributed by atoms with Crippen LogP contribution in [0.15, 0.2) is 6.33 Å². The van der Waals surface area contributed by atoms with Crippen LogP contribution in [0.3, 0.4) is 0 Å². The summed E-state index contributed by atoms with van der Waals surface area (Å²) in [5.74, 6) is 1.39. The van der Waals surface area contributed by atoms with Gasteiger partial charge in [0.1, 0.15) is 12.2 Å². The summed E-state index contributed by atoms with van der Waals surface area (Å²) in [6.07, 6.45) is 6.55. The first-order valence-corrected chi connectivity index (χ1v) is 8.12. The van der Waals surface area contributed by atoms with Crippen LogP contribution in [-0.2, 0) is 22.6 Å². The minimum Gasteiger partial charge on any atom is -0.351 e. The van der Waals surface area contributed by atoms with Gasteiger partial charge in [0.2, 0.25) is 11.8 Å². The molecule has 2 amide bonds. The number of carbonyl (C=O) groups excluding carboxylic acids is 2. The van der Waals surface area contributed by atoms with Crippen LogP contribution in [-0.4, -0.2) is 50.1 Å². The summed E-state index contributed by atoms with van der Waals surface area (Å²) >= 11 is 0. The van der Waals surface area contributed by atoms with Gasteiger partial charge in [-0.2, -0.15) is 5.10 Å². The summed E-state index contributed by atoms with van der Waals surface area (Å²) < 4.78 is 1.86. The van der Waals surface area contributed by atoms with Gasteiger partial charge in [0.05, 0.1) is 12.5 Å². The van der Waals surface area contributed by atoms with Crippen molar-refractivity contribution in [2.75, 3.05) is 13.1 Å². The molecule has 2 saturated heterocycles. The molecule has 4 heterocycles. The van der Waals surface area contributed by atoms with E-state index in [4.69, 9.17) is 0 Å². The lowest BCUT2D eigenvalue weighted by molar-refractivity contribution is -0.138. The summed E-state index contributed by atoms with van der Waals surface area (Å²) in [6.45, 7) is 2.15. The van der Waals surface area contributed by atoms with Crippen molar-refractivity contribution in [1.82, 2.24) is 25.0 Å². The first-order chi connectivity index (χ1) is 10.7. The van der Waals surface area contributed by atoms with Gasteiger partial charge in [-0.05, 0) is 25.7 Å². The molecule has 1 unspecified atom stereocenters. The molecular weight excluding hydrogens is 282 g/mol. The largest absolute Gasteiger partial charge is 0.351 e. The molecule has 1 N–H and O–H groups in total. The Kier molecular flexibility index (Phi) is 3.16. The fourth-order valence-corrected chi connectivity index (χ4v) is 4.00. The Hall–Kier alpha value is -1.92. The number of fused-ring (bicyclic) bond motifs is 1. The first kappa shape index (κ1) is 13.7. The zero-order valence-electron chi connectivity index (χ0n) is 12.6. The summed E-state index contributed by atoms with van der Waals surface area (Å²) in [5, 5.41) is 7.31. The van der Waals surface area contributed by atoms with Gasteiger partial charge in [-0.25, -0.2) is 9.67 Å². The number of carbonyl (C=O) groups is 2. The third-order valence-electron chi connectivity index (χ3n) is 5.42. The highest BCUT2D eigenvalue weighted by Crippen LogP contribution is 2.32. The number of aryl methyl sites for hydroxylation is 1. The summed E-state index contributed by atoms with van der Waals surface area (Å²) in [6, 6.07) is 0. The van der Waals surface area contributed by atoms with E-state index in [1.54, 1.807) is 6.33 Å². The predicted octanol–water partition coefficient (Wildman–Crippen LogP) is 0.112. The van der Waals surface area contributed by atoms with Gasteiger partial charge in [0.25, 0.3) is 0 Å². The summed E-state index contributed by atoms with van der Waals surface area (Å²) in [4.78, 5) is 30.4. The molecule has 0 aliphatic carbocycles. The first-order valence-electron chi connectivity index (χ1n) is 8.12. The number of piperidine rings is 1. The molecule has 22 heavy (non-hydrogen) atoms. The molecule has 0 saturated carbocycles. The van der Waals surface area contributed by atoms with Crippen molar-refractivity contribution in [3.63, 3.8) is 0 Å². The molecule has 4 rings (SSSR count). The van der Waals surface area contributed by atoms with Crippen LogP contribution in [0.5, 0.6) is 0 Å². The van der Waals surface area contributed by atoms with Crippen molar-refractivity contribution in [2.45, 2.75) is 50.6 Å². The van der Waals surface area contributed by atoms with Crippen LogP contribution in [0.25, 0.3) is 0 Å². The standard InChI is InChI=1S/C15H21N5O2/c21-13-3-4-15(18-13)5-7-19(8-6-15)14(22)11-1-2-12-16-10-17-20(12)9-11/h10-11H,1-9H2,(H,18,21). The van der Waals surface area contributed by atoms with E-state index in [0.717, 1.165) is 51.0 Å².